The van der Waals surface area contributed by atoms with E-state index in [4.69, 9.17) is 9.94 Å². The summed E-state index contributed by atoms with van der Waals surface area (Å²) in [5.41, 5.74) is 1.85. The van der Waals surface area contributed by atoms with Gasteiger partial charge in [0.15, 0.2) is 0 Å². The van der Waals surface area contributed by atoms with E-state index in [-0.39, 0.29) is 5.75 Å². The molecule has 1 aromatic carbocycles. The number of hydrogen-bond acceptors (Lipinski definition) is 3. The van der Waals surface area contributed by atoms with Crippen LogP contribution in [0.5, 0.6) is 5.75 Å². The molecule has 13 heavy (non-hydrogen) atoms. The number of oxime groups is 1. The van der Waals surface area contributed by atoms with Crippen LogP contribution in [0.25, 0.3) is 0 Å². The third-order valence-electron chi connectivity index (χ3n) is 1.74. The smallest absolute Gasteiger partial charge is 0.115 e. The molecule has 0 fully saturated rings. The monoisotopic (exact) mass is 179 g/mol. The minimum atomic E-state index is 0.261. The standard InChI is InChI=1S/C10H13NO2/c1-3-10(11-13-2)8-4-6-9(12)7-5-8/h4-7,12H,3H2,1-2H3. The average molecular weight is 179 g/mol. The summed E-state index contributed by atoms with van der Waals surface area (Å²) < 4.78 is 0. The van der Waals surface area contributed by atoms with Crippen molar-refractivity contribution in [3.05, 3.63) is 29.8 Å². The molecule has 0 aliphatic carbocycles. The second-order valence-electron chi connectivity index (χ2n) is 2.62. The summed E-state index contributed by atoms with van der Waals surface area (Å²) in [6, 6.07) is 6.90. The molecule has 1 aromatic rings. The molecule has 0 atom stereocenters. The zero-order chi connectivity index (χ0) is 9.68. The van der Waals surface area contributed by atoms with E-state index in [2.05, 4.69) is 5.16 Å². The summed E-state index contributed by atoms with van der Waals surface area (Å²) in [5, 5.41) is 12.9. The number of phenols is 1. The maximum Gasteiger partial charge on any atom is 0.115 e. The van der Waals surface area contributed by atoms with Gasteiger partial charge in [0.2, 0.25) is 0 Å². The third-order valence-corrected chi connectivity index (χ3v) is 1.74. The Morgan fingerprint density at radius 2 is 2.00 bits per heavy atom. The van der Waals surface area contributed by atoms with Crippen LogP contribution >= 0.6 is 0 Å². The lowest BCUT2D eigenvalue weighted by molar-refractivity contribution is 0.213. The zero-order valence-corrected chi connectivity index (χ0v) is 7.82. The van der Waals surface area contributed by atoms with Gasteiger partial charge in [-0.2, -0.15) is 0 Å². The Hall–Kier alpha value is -1.51. The first-order chi connectivity index (χ1) is 6.27. The molecule has 0 aliphatic heterocycles. The Balaban J connectivity index is 2.92. The van der Waals surface area contributed by atoms with Crippen LogP contribution in [0.1, 0.15) is 18.9 Å². The van der Waals surface area contributed by atoms with Crippen LogP contribution in [0.3, 0.4) is 0 Å². The van der Waals surface area contributed by atoms with Gasteiger partial charge >= 0.3 is 0 Å². The molecular formula is C10H13NO2. The minimum Gasteiger partial charge on any atom is -0.508 e. The zero-order valence-electron chi connectivity index (χ0n) is 7.82. The van der Waals surface area contributed by atoms with Gasteiger partial charge in [-0.3, -0.25) is 0 Å². The molecule has 0 amide bonds. The van der Waals surface area contributed by atoms with Gasteiger partial charge in [0, 0.05) is 0 Å². The summed E-state index contributed by atoms with van der Waals surface area (Å²) in [6.45, 7) is 2.00. The van der Waals surface area contributed by atoms with Crippen molar-refractivity contribution in [2.75, 3.05) is 7.11 Å². The first-order valence-corrected chi connectivity index (χ1v) is 4.17. The van der Waals surface area contributed by atoms with Crippen LogP contribution in [0.2, 0.25) is 0 Å². The number of rotatable bonds is 3. The van der Waals surface area contributed by atoms with Crippen LogP contribution in [0.15, 0.2) is 29.4 Å². The Morgan fingerprint density at radius 1 is 1.38 bits per heavy atom. The van der Waals surface area contributed by atoms with Gasteiger partial charge in [0.25, 0.3) is 0 Å². The van der Waals surface area contributed by atoms with Gasteiger partial charge in [-0.25, -0.2) is 0 Å². The predicted octanol–water partition coefficient (Wildman–Crippen LogP) is 2.15. The molecule has 0 spiro atoms. The second-order valence-corrected chi connectivity index (χ2v) is 2.62. The maximum atomic E-state index is 9.07. The number of nitrogens with zero attached hydrogens (tertiary/aromatic N) is 1. The fourth-order valence-corrected chi connectivity index (χ4v) is 1.09. The molecule has 0 bridgehead atoms. The van der Waals surface area contributed by atoms with Crippen molar-refractivity contribution in [1.29, 1.82) is 0 Å². The van der Waals surface area contributed by atoms with E-state index < -0.39 is 0 Å². The van der Waals surface area contributed by atoms with Crippen molar-refractivity contribution in [3.8, 4) is 5.75 Å². The highest BCUT2D eigenvalue weighted by Gasteiger charge is 2.00. The van der Waals surface area contributed by atoms with Gasteiger partial charge in [0.1, 0.15) is 12.9 Å². The average Bonchev–Trinajstić information content (AvgIpc) is 2.16. The quantitative estimate of drug-likeness (QED) is 0.570. The SMILES string of the molecule is CCC(=NOC)c1ccc(O)cc1. The molecule has 0 heterocycles. The number of hydrogen-bond donors (Lipinski definition) is 1. The van der Waals surface area contributed by atoms with Crippen molar-refractivity contribution in [2.45, 2.75) is 13.3 Å². The Morgan fingerprint density at radius 3 is 2.46 bits per heavy atom. The Kier molecular flexibility index (Phi) is 3.31. The van der Waals surface area contributed by atoms with Crippen molar-refractivity contribution in [2.24, 2.45) is 5.16 Å². The first kappa shape index (κ1) is 9.58. The van der Waals surface area contributed by atoms with Gasteiger partial charge in [0.05, 0.1) is 5.71 Å². The van der Waals surface area contributed by atoms with Crippen LogP contribution in [-0.4, -0.2) is 17.9 Å². The molecular weight excluding hydrogens is 166 g/mol. The summed E-state index contributed by atoms with van der Waals surface area (Å²) in [4.78, 5) is 4.70. The Bertz CT molecular complexity index is 290. The molecule has 70 valence electrons. The third kappa shape index (κ3) is 2.47. The molecule has 0 aromatic heterocycles. The maximum absolute atomic E-state index is 9.07. The summed E-state index contributed by atoms with van der Waals surface area (Å²) in [7, 11) is 1.52. The number of phenolic OH excluding ortho intramolecular Hbond substituents is 1. The Labute approximate surface area is 77.6 Å². The van der Waals surface area contributed by atoms with E-state index in [1.54, 1.807) is 12.1 Å². The molecule has 1 rings (SSSR count). The molecule has 3 heteroatoms. The van der Waals surface area contributed by atoms with Gasteiger partial charge in [-0.05, 0) is 36.2 Å². The number of aromatic hydroxyl groups is 1. The van der Waals surface area contributed by atoms with E-state index in [0.717, 1.165) is 17.7 Å². The van der Waals surface area contributed by atoms with Gasteiger partial charge in [-0.15, -0.1) is 0 Å². The van der Waals surface area contributed by atoms with E-state index in [0.29, 0.717) is 0 Å². The van der Waals surface area contributed by atoms with E-state index in [1.807, 2.05) is 19.1 Å². The van der Waals surface area contributed by atoms with Gasteiger partial charge in [-0.1, -0.05) is 12.1 Å². The lowest BCUT2D eigenvalue weighted by Gasteiger charge is -2.02. The summed E-state index contributed by atoms with van der Waals surface area (Å²) >= 11 is 0. The van der Waals surface area contributed by atoms with Crippen LogP contribution in [0, 0.1) is 0 Å². The second kappa shape index (κ2) is 4.50. The van der Waals surface area contributed by atoms with Crippen molar-refractivity contribution in [3.63, 3.8) is 0 Å². The normalized spacial score (nSPS) is 11.4. The fourth-order valence-electron chi connectivity index (χ4n) is 1.09. The van der Waals surface area contributed by atoms with Crippen molar-refractivity contribution < 1.29 is 9.94 Å². The molecule has 0 saturated carbocycles. The van der Waals surface area contributed by atoms with E-state index >= 15 is 0 Å². The summed E-state index contributed by atoms with van der Waals surface area (Å²) in [5.74, 6) is 0.261. The van der Waals surface area contributed by atoms with Crippen LogP contribution in [-0.2, 0) is 4.84 Å². The molecule has 0 saturated heterocycles. The fraction of sp³-hybridized carbons (Fsp3) is 0.300. The van der Waals surface area contributed by atoms with E-state index in [1.165, 1.54) is 7.11 Å². The number of benzene rings is 1. The molecule has 1 N–H and O–H groups in total. The summed E-state index contributed by atoms with van der Waals surface area (Å²) in [6.07, 6.45) is 0.804. The van der Waals surface area contributed by atoms with Crippen LogP contribution in [0.4, 0.5) is 0 Å². The molecule has 0 aliphatic rings. The molecule has 3 nitrogen and oxygen atoms in total. The van der Waals surface area contributed by atoms with Crippen LogP contribution < -0.4 is 0 Å². The highest BCUT2D eigenvalue weighted by atomic mass is 16.6. The highest BCUT2D eigenvalue weighted by Crippen LogP contribution is 2.11. The predicted molar refractivity (Wildman–Crippen MR) is 51.9 cm³/mol. The minimum absolute atomic E-state index is 0.261. The lowest BCUT2D eigenvalue weighted by atomic mass is 10.1. The topological polar surface area (TPSA) is 41.8 Å². The first-order valence-electron chi connectivity index (χ1n) is 4.17. The highest BCUT2D eigenvalue weighted by molar-refractivity contribution is 6.00. The van der Waals surface area contributed by atoms with Crippen molar-refractivity contribution >= 4 is 5.71 Å². The van der Waals surface area contributed by atoms with Gasteiger partial charge < -0.3 is 9.94 Å². The van der Waals surface area contributed by atoms with Crippen molar-refractivity contribution in [1.82, 2.24) is 0 Å². The molecule has 0 unspecified atom stereocenters. The lowest BCUT2D eigenvalue weighted by Crippen LogP contribution is -1.98. The molecule has 0 radical (unpaired) electrons. The largest absolute Gasteiger partial charge is 0.508 e. The van der Waals surface area contributed by atoms with E-state index in [9.17, 15) is 0 Å².